The molecule has 8 heteroatoms. The lowest BCUT2D eigenvalue weighted by atomic mass is 10.2. The molecule has 0 bridgehead atoms. The smallest absolute Gasteiger partial charge is 0.243 e. The van der Waals surface area contributed by atoms with Crippen molar-refractivity contribution >= 4 is 27.3 Å². The molecule has 154 valence electrons. The summed E-state index contributed by atoms with van der Waals surface area (Å²) in [4.78, 5) is 16.0. The number of hydrogen-bond acceptors (Lipinski definition) is 5. The van der Waals surface area contributed by atoms with Crippen LogP contribution in [0.3, 0.4) is 0 Å². The third kappa shape index (κ3) is 3.95. The molecule has 2 aromatic carbocycles. The molecule has 0 aromatic heterocycles. The highest BCUT2D eigenvalue weighted by atomic mass is 32.2. The molecule has 0 saturated carbocycles. The molecule has 0 unspecified atom stereocenters. The zero-order chi connectivity index (χ0) is 20.4. The second-order valence-corrected chi connectivity index (χ2v) is 9.17. The highest BCUT2D eigenvalue weighted by Crippen LogP contribution is 2.26. The Morgan fingerprint density at radius 2 is 1.45 bits per heavy atom. The number of ether oxygens (including phenoxy) is 1. The Balaban J connectivity index is 1.42. The van der Waals surface area contributed by atoms with Crippen LogP contribution in [0.2, 0.25) is 0 Å². The second-order valence-electron chi connectivity index (χ2n) is 7.23. The lowest BCUT2D eigenvalue weighted by Crippen LogP contribution is -2.48. The van der Waals surface area contributed by atoms with Gasteiger partial charge in [-0.1, -0.05) is 0 Å². The minimum Gasteiger partial charge on any atom is -0.497 e. The lowest BCUT2D eigenvalue weighted by Gasteiger charge is -2.35. The van der Waals surface area contributed by atoms with Gasteiger partial charge in [0.25, 0.3) is 0 Å². The maximum atomic E-state index is 13.0. The molecule has 1 amide bonds. The van der Waals surface area contributed by atoms with E-state index in [1.165, 1.54) is 4.31 Å². The van der Waals surface area contributed by atoms with Gasteiger partial charge in [0.2, 0.25) is 15.9 Å². The molecular weight excluding hydrogens is 390 g/mol. The Morgan fingerprint density at radius 1 is 0.828 bits per heavy atom. The van der Waals surface area contributed by atoms with E-state index in [-0.39, 0.29) is 10.8 Å². The normalized spacial score (nSPS) is 18.3. The van der Waals surface area contributed by atoms with Gasteiger partial charge in [0, 0.05) is 50.5 Å². The van der Waals surface area contributed by atoms with Crippen molar-refractivity contribution in [3.63, 3.8) is 0 Å². The van der Waals surface area contributed by atoms with Gasteiger partial charge in [-0.15, -0.1) is 0 Å². The van der Waals surface area contributed by atoms with E-state index in [0.717, 1.165) is 23.5 Å². The third-order valence-corrected chi connectivity index (χ3v) is 7.45. The Labute approximate surface area is 171 Å². The summed E-state index contributed by atoms with van der Waals surface area (Å²) in [7, 11) is -1.92. The van der Waals surface area contributed by atoms with Crippen LogP contribution in [0.1, 0.15) is 12.8 Å². The molecule has 2 heterocycles. The molecule has 0 spiro atoms. The fourth-order valence-electron chi connectivity index (χ4n) is 3.85. The number of anilines is 2. The van der Waals surface area contributed by atoms with Gasteiger partial charge in [-0.05, 0) is 55.0 Å². The topological polar surface area (TPSA) is 70.2 Å². The maximum absolute atomic E-state index is 13.0. The molecular formula is C21H25N3O4S. The highest BCUT2D eigenvalue weighted by Gasteiger charge is 2.29. The van der Waals surface area contributed by atoms with Crippen molar-refractivity contribution in [1.29, 1.82) is 0 Å². The molecule has 0 N–H and O–H groups in total. The van der Waals surface area contributed by atoms with E-state index >= 15 is 0 Å². The first-order valence-electron chi connectivity index (χ1n) is 9.78. The summed E-state index contributed by atoms with van der Waals surface area (Å²) in [6.07, 6.45) is 1.40. The average molecular weight is 416 g/mol. The fourth-order valence-corrected chi connectivity index (χ4v) is 5.27. The minimum absolute atomic E-state index is 0.0928. The molecule has 4 rings (SSSR count). The Bertz CT molecular complexity index is 966. The van der Waals surface area contributed by atoms with Gasteiger partial charge in [-0.2, -0.15) is 4.31 Å². The third-order valence-electron chi connectivity index (χ3n) is 5.54. The summed E-state index contributed by atoms with van der Waals surface area (Å²) in [6, 6.07) is 14.4. The maximum Gasteiger partial charge on any atom is 0.243 e. The number of methoxy groups -OCH3 is 1. The molecule has 2 saturated heterocycles. The number of amides is 1. The number of sulfonamides is 1. The molecule has 2 aromatic rings. The van der Waals surface area contributed by atoms with Gasteiger partial charge in [0.1, 0.15) is 5.75 Å². The lowest BCUT2D eigenvalue weighted by molar-refractivity contribution is -0.117. The number of hydrogen-bond donors (Lipinski definition) is 0. The van der Waals surface area contributed by atoms with Crippen molar-refractivity contribution < 1.29 is 17.9 Å². The number of rotatable bonds is 5. The molecule has 0 aliphatic carbocycles. The van der Waals surface area contributed by atoms with Crippen molar-refractivity contribution in [2.24, 2.45) is 0 Å². The predicted octanol–water partition coefficient (Wildman–Crippen LogP) is 2.33. The number of nitrogens with zero attached hydrogens (tertiary/aromatic N) is 3. The SMILES string of the molecule is COc1ccc(N2CCN(S(=O)(=O)c3ccc(N4CCCC4=O)cc3)CC2)cc1. The quantitative estimate of drug-likeness (QED) is 0.750. The van der Waals surface area contributed by atoms with Crippen LogP contribution in [0, 0.1) is 0 Å². The van der Waals surface area contributed by atoms with Gasteiger partial charge in [-0.25, -0.2) is 8.42 Å². The second kappa shape index (κ2) is 8.04. The first-order valence-corrected chi connectivity index (χ1v) is 11.2. The minimum atomic E-state index is -3.55. The van der Waals surface area contributed by atoms with Crippen LogP contribution in [-0.2, 0) is 14.8 Å². The number of carbonyl (C=O) groups is 1. The largest absolute Gasteiger partial charge is 0.497 e. The first kappa shape index (κ1) is 19.7. The summed E-state index contributed by atoms with van der Waals surface area (Å²) >= 11 is 0. The van der Waals surface area contributed by atoms with E-state index in [1.54, 1.807) is 36.3 Å². The standard InChI is InChI=1S/C21H25N3O4S/c1-28-19-8-4-17(5-9-19)22-13-15-23(16-14-22)29(26,27)20-10-6-18(7-11-20)24-12-2-3-21(24)25/h4-11H,2-3,12-16H2,1H3. The highest BCUT2D eigenvalue weighted by molar-refractivity contribution is 7.89. The zero-order valence-electron chi connectivity index (χ0n) is 16.5. The van der Waals surface area contributed by atoms with Crippen LogP contribution in [0.5, 0.6) is 5.75 Å². The Kier molecular flexibility index (Phi) is 5.47. The van der Waals surface area contributed by atoms with Crippen LogP contribution in [0.4, 0.5) is 11.4 Å². The zero-order valence-corrected chi connectivity index (χ0v) is 17.3. The monoisotopic (exact) mass is 415 g/mol. The molecule has 29 heavy (non-hydrogen) atoms. The van der Waals surface area contributed by atoms with Crippen LogP contribution in [0.15, 0.2) is 53.4 Å². The Morgan fingerprint density at radius 3 is 2.00 bits per heavy atom. The number of benzene rings is 2. The van der Waals surface area contributed by atoms with Gasteiger partial charge >= 0.3 is 0 Å². The molecule has 0 atom stereocenters. The van der Waals surface area contributed by atoms with E-state index in [9.17, 15) is 13.2 Å². The fraction of sp³-hybridized carbons (Fsp3) is 0.381. The van der Waals surface area contributed by atoms with Gasteiger partial charge in [-0.3, -0.25) is 4.79 Å². The van der Waals surface area contributed by atoms with E-state index < -0.39 is 10.0 Å². The summed E-state index contributed by atoms with van der Waals surface area (Å²) in [5, 5.41) is 0. The molecule has 2 fully saturated rings. The van der Waals surface area contributed by atoms with E-state index in [2.05, 4.69) is 4.90 Å². The van der Waals surface area contributed by atoms with Crippen molar-refractivity contribution in [2.45, 2.75) is 17.7 Å². The van der Waals surface area contributed by atoms with Crippen molar-refractivity contribution in [2.75, 3.05) is 49.6 Å². The van der Waals surface area contributed by atoms with Gasteiger partial charge in [0.05, 0.1) is 12.0 Å². The first-order chi connectivity index (χ1) is 14.0. The number of piperazine rings is 1. The predicted molar refractivity (Wildman–Crippen MR) is 112 cm³/mol. The summed E-state index contributed by atoms with van der Waals surface area (Å²) < 4.78 is 32.8. The van der Waals surface area contributed by atoms with Crippen LogP contribution in [0.25, 0.3) is 0 Å². The van der Waals surface area contributed by atoms with Crippen LogP contribution >= 0.6 is 0 Å². The van der Waals surface area contributed by atoms with Crippen molar-refractivity contribution in [3.8, 4) is 5.75 Å². The number of carbonyl (C=O) groups excluding carboxylic acids is 1. The van der Waals surface area contributed by atoms with Crippen molar-refractivity contribution in [3.05, 3.63) is 48.5 Å². The molecule has 2 aliphatic rings. The average Bonchev–Trinajstić information content (AvgIpc) is 3.20. The summed E-state index contributed by atoms with van der Waals surface area (Å²) in [5.41, 5.74) is 1.82. The van der Waals surface area contributed by atoms with E-state index in [4.69, 9.17) is 4.74 Å². The van der Waals surface area contributed by atoms with E-state index in [0.29, 0.717) is 39.1 Å². The molecule has 7 nitrogen and oxygen atoms in total. The summed E-state index contributed by atoms with van der Waals surface area (Å²) in [6.45, 7) is 2.82. The molecule has 0 radical (unpaired) electrons. The molecule has 2 aliphatic heterocycles. The Hall–Kier alpha value is -2.58. The van der Waals surface area contributed by atoms with Crippen LogP contribution < -0.4 is 14.5 Å². The van der Waals surface area contributed by atoms with Crippen molar-refractivity contribution in [1.82, 2.24) is 4.31 Å². The van der Waals surface area contributed by atoms with Gasteiger partial charge in [0.15, 0.2) is 0 Å². The van der Waals surface area contributed by atoms with E-state index in [1.807, 2.05) is 24.3 Å². The van der Waals surface area contributed by atoms with Gasteiger partial charge < -0.3 is 14.5 Å². The summed E-state index contributed by atoms with van der Waals surface area (Å²) in [5.74, 6) is 0.893. The van der Waals surface area contributed by atoms with Crippen LogP contribution in [-0.4, -0.2) is 58.5 Å².